The topological polar surface area (TPSA) is 107 Å². The Labute approximate surface area is 137 Å². The molecular weight excluding hydrogens is 332 g/mol. The molecule has 0 aromatic carbocycles. The van der Waals surface area contributed by atoms with E-state index in [0.717, 1.165) is 0 Å². The summed E-state index contributed by atoms with van der Waals surface area (Å²) < 4.78 is 33.0. The minimum Gasteiger partial charge on any atom is -0.463 e. The first-order chi connectivity index (χ1) is 11.6. The van der Waals surface area contributed by atoms with Gasteiger partial charge in [0.05, 0.1) is 12.8 Å². The van der Waals surface area contributed by atoms with Gasteiger partial charge in [0.1, 0.15) is 10.6 Å². The zero-order valence-electron chi connectivity index (χ0n) is 12.5. The summed E-state index contributed by atoms with van der Waals surface area (Å²) in [6.07, 6.45) is 4.25. The standard InChI is InChI=1S/C15H14N4O4S/c20-15-6-5-13(14-4-2-10-23-14)18-19(15)9-8-17-24(21,22)12-3-1-7-16-11-12/h1-7,10-11,17H,8-9H2. The Morgan fingerprint density at radius 3 is 2.75 bits per heavy atom. The van der Waals surface area contributed by atoms with Crippen LogP contribution in [-0.4, -0.2) is 29.7 Å². The third-order valence-corrected chi connectivity index (χ3v) is 4.65. The van der Waals surface area contributed by atoms with E-state index in [0.29, 0.717) is 11.5 Å². The molecule has 0 spiro atoms. The van der Waals surface area contributed by atoms with Crippen LogP contribution in [0.5, 0.6) is 0 Å². The molecule has 0 aliphatic rings. The molecule has 3 heterocycles. The Morgan fingerprint density at radius 2 is 2.04 bits per heavy atom. The first kappa shape index (κ1) is 16.1. The molecule has 0 bridgehead atoms. The number of nitrogens with one attached hydrogen (secondary N) is 1. The van der Waals surface area contributed by atoms with Gasteiger partial charge in [-0.2, -0.15) is 5.10 Å². The Hall–Kier alpha value is -2.78. The molecule has 3 rings (SSSR count). The molecule has 1 N–H and O–H groups in total. The summed E-state index contributed by atoms with van der Waals surface area (Å²) in [7, 11) is -3.67. The van der Waals surface area contributed by atoms with Crippen LogP contribution in [0, 0.1) is 0 Å². The fraction of sp³-hybridized carbons (Fsp3) is 0.133. The molecule has 0 fully saturated rings. The van der Waals surface area contributed by atoms with E-state index in [9.17, 15) is 13.2 Å². The highest BCUT2D eigenvalue weighted by molar-refractivity contribution is 7.89. The van der Waals surface area contributed by atoms with Crippen LogP contribution in [0.15, 0.2) is 69.2 Å². The summed E-state index contributed by atoms with van der Waals surface area (Å²) in [6, 6.07) is 9.33. The number of hydrogen-bond acceptors (Lipinski definition) is 6. The van der Waals surface area contributed by atoms with Gasteiger partial charge < -0.3 is 4.42 Å². The summed E-state index contributed by atoms with van der Waals surface area (Å²) >= 11 is 0. The Balaban J connectivity index is 1.71. The molecule has 0 radical (unpaired) electrons. The van der Waals surface area contributed by atoms with Crippen molar-refractivity contribution in [2.75, 3.05) is 6.54 Å². The van der Waals surface area contributed by atoms with Crippen molar-refractivity contribution in [2.24, 2.45) is 0 Å². The lowest BCUT2D eigenvalue weighted by atomic mass is 10.3. The second-order valence-corrected chi connectivity index (χ2v) is 6.61. The van der Waals surface area contributed by atoms with E-state index >= 15 is 0 Å². The van der Waals surface area contributed by atoms with E-state index in [1.807, 2.05) is 0 Å². The Bertz CT molecular complexity index is 966. The zero-order chi connectivity index (χ0) is 17.0. The first-order valence-corrected chi connectivity index (χ1v) is 8.56. The lowest BCUT2D eigenvalue weighted by Crippen LogP contribution is -2.32. The molecule has 0 unspecified atom stereocenters. The highest BCUT2D eigenvalue weighted by atomic mass is 32.2. The zero-order valence-corrected chi connectivity index (χ0v) is 13.3. The van der Waals surface area contributed by atoms with Crippen molar-refractivity contribution in [3.05, 3.63) is 65.4 Å². The van der Waals surface area contributed by atoms with Crippen molar-refractivity contribution in [1.82, 2.24) is 19.5 Å². The summed E-state index contributed by atoms with van der Waals surface area (Å²) in [4.78, 5) is 15.7. The molecule has 0 saturated carbocycles. The number of nitrogens with zero attached hydrogens (tertiary/aromatic N) is 3. The number of rotatable bonds is 6. The Morgan fingerprint density at radius 1 is 1.17 bits per heavy atom. The van der Waals surface area contributed by atoms with Crippen LogP contribution in [0.1, 0.15) is 0 Å². The molecular formula is C15H14N4O4S. The molecule has 24 heavy (non-hydrogen) atoms. The number of furan rings is 1. The molecule has 0 atom stereocenters. The van der Waals surface area contributed by atoms with Gasteiger partial charge in [0.25, 0.3) is 5.56 Å². The average Bonchev–Trinajstić information content (AvgIpc) is 3.12. The van der Waals surface area contributed by atoms with E-state index in [4.69, 9.17) is 4.42 Å². The molecule has 3 aromatic heterocycles. The number of sulfonamides is 1. The van der Waals surface area contributed by atoms with Crippen molar-refractivity contribution in [1.29, 1.82) is 0 Å². The van der Waals surface area contributed by atoms with E-state index in [1.54, 1.807) is 18.2 Å². The molecule has 0 aliphatic heterocycles. The van der Waals surface area contributed by atoms with Crippen LogP contribution in [0.4, 0.5) is 0 Å². The van der Waals surface area contributed by atoms with Crippen molar-refractivity contribution in [3.8, 4) is 11.5 Å². The van der Waals surface area contributed by atoms with Gasteiger partial charge >= 0.3 is 0 Å². The minimum atomic E-state index is -3.67. The average molecular weight is 346 g/mol. The monoisotopic (exact) mass is 346 g/mol. The maximum Gasteiger partial charge on any atom is 0.266 e. The van der Waals surface area contributed by atoms with Crippen molar-refractivity contribution in [3.63, 3.8) is 0 Å². The van der Waals surface area contributed by atoms with Crippen molar-refractivity contribution in [2.45, 2.75) is 11.4 Å². The van der Waals surface area contributed by atoms with Gasteiger partial charge in [-0.15, -0.1) is 0 Å². The van der Waals surface area contributed by atoms with E-state index < -0.39 is 10.0 Å². The summed E-state index contributed by atoms with van der Waals surface area (Å²) in [6.45, 7) is 0.110. The van der Waals surface area contributed by atoms with Gasteiger partial charge in [-0.25, -0.2) is 17.8 Å². The SMILES string of the molecule is O=c1ccc(-c2ccco2)nn1CCNS(=O)(=O)c1cccnc1. The number of hydrogen-bond donors (Lipinski definition) is 1. The second-order valence-electron chi connectivity index (χ2n) is 4.84. The van der Waals surface area contributed by atoms with Crippen LogP contribution in [0.25, 0.3) is 11.5 Å². The number of pyridine rings is 1. The predicted octanol–water partition coefficient (Wildman–Crippen LogP) is 0.877. The lowest BCUT2D eigenvalue weighted by Gasteiger charge is -2.08. The smallest absolute Gasteiger partial charge is 0.266 e. The molecule has 0 aliphatic carbocycles. The fourth-order valence-corrected chi connectivity index (χ4v) is 3.02. The van der Waals surface area contributed by atoms with E-state index in [1.165, 1.54) is 41.5 Å². The van der Waals surface area contributed by atoms with Gasteiger partial charge in [0.15, 0.2) is 5.76 Å². The van der Waals surface area contributed by atoms with Crippen LogP contribution >= 0.6 is 0 Å². The van der Waals surface area contributed by atoms with Gasteiger partial charge in [-0.05, 0) is 30.3 Å². The Kier molecular flexibility index (Phi) is 4.54. The summed E-state index contributed by atoms with van der Waals surface area (Å²) in [5.41, 5.74) is 0.167. The molecule has 124 valence electrons. The van der Waals surface area contributed by atoms with Crippen molar-refractivity contribution >= 4 is 10.0 Å². The molecule has 0 saturated heterocycles. The maximum atomic E-state index is 12.1. The highest BCUT2D eigenvalue weighted by Gasteiger charge is 2.13. The van der Waals surface area contributed by atoms with E-state index in [2.05, 4.69) is 14.8 Å². The number of aromatic nitrogens is 3. The largest absolute Gasteiger partial charge is 0.463 e. The molecule has 8 nitrogen and oxygen atoms in total. The predicted molar refractivity (Wildman–Crippen MR) is 85.6 cm³/mol. The summed E-state index contributed by atoms with van der Waals surface area (Å²) in [5.74, 6) is 0.527. The third kappa shape index (κ3) is 3.58. The fourth-order valence-electron chi connectivity index (χ4n) is 2.04. The van der Waals surface area contributed by atoms with E-state index in [-0.39, 0.29) is 23.5 Å². The second kappa shape index (κ2) is 6.77. The normalized spacial score (nSPS) is 11.5. The summed E-state index contributed by atoms with van der Waals surface area (Å²) in [5, 5.41) is 4.17. The molecule has 9 heteroatoms. The van der Waals surface area contributed by atoms with Crippen molar-refractivity contribution < 1.29 is 12.8 Å². The lowest BCUT2D eigenvalue weighted by molar-refractivity contribution is 0.539. The van der Waals surface area contributed by atoms with Gasteiger partial charge in [0, 0.05) is 25.0 Å². The van der Waals surface area contributed by atoms with Gasteiger partial charge in [-0.3, -0.25) is 9.78 Å². The highest BCUT2D eigenvalue weighted by Crippen LogP contribution is 2.14. The van der Waals surface area contributed by atoms with Crippen LogP contribution in [-0.2, 0) is 16.6 Å². The molecule has 0 amide bonds. The van der Waals surface area contributed by atoms with Crippen LogP contribution in [0.2, 0.25) is 0 Å². The minimum absolute atomic E-state index is 0.0196. The third-order valence-electron chi connectivity index (χ3n) is 3.20. The maximum absolute atomic E-state index is 12.1. The first-order valence-electron chi connectivity index (χ1n) is 7.08. The van der Waals surface area contributed by atoms with Crippen LogP contribution in [0.3, 0.4) is 0 Å². The van der Waals surface area contributed by atoms with Gasteiger partial charge in [-0.1, -0.05) is 0 Å². The van der Waals surface area contributed by atoms with Gasteiger partial charge in [0.2, 0.25) is 10.0 Å². The van der Waals surface area contributed by atoms with Crippen LogP contribution < -0.4 is 10.3 Å². The quantitative estimate of drug-likeness (QED) is 0.710. The molecule has 3 aromatic rings.